The number of carbonyl (C=O) groups excluding carboxylic acids is 1. The maximum Gasteiger partial charge on any atom is 0.308 e. The van der Waals surface area contributed by atoms with Crippen LogP contribution in [0.1, 0.15) is 23.8 Å². The molecule has 2 atom stereocenters. The lowest BCUT2D eigenvalue weighted by Crippen LogP contribution is -2.45. The highest BCUT2D eigenvalue weighted by Crippen LogP contribution is 2.23. The Bertz CT molecular complexity index is 757. The highest BCUT2D eigenvalue weighted by molar-refractivity contribution is 6.30. The summed E-state index contributed by atoms with van der Waals surface area (Å²) in [5, 5.41) is 14.2. The Morgan fingerprint density at radius 1 is 1.21 bits per heavy atom. The van der Waals surface area contributed by atoms with E-state index in [4.69, 9.17) is 11.6 Å². The van der Waals surface area contributed by atoms with Gasteiger partial charge in [-0.15, -0.1) is 0 Å². The van der Waals surface area contributed by atoms with Crippen molar-refractivity contribution in [3.8, 4) is 5.69 Å². The molecule has 1 saturated heterocycles. The largest absolute Gasteiger partial charge is 0.481 e. The van der Waals surface area contributed by atoms with Crippen LogP contribution in [0.25, 0.3) is 5.69 Å². The second kappa shape index (κ2) is 6.65. The van der Waals surface area contributed by atoms with Crippen molar-refractivity contribution in [2.45, 2.75) is 13.3 Å². The predicted octanol–water partition coefficient (Wildman–Crippen LogP) is 2.71. The number of aromatic nitrogens is 2. The zero-order valence-electron chi connectivity index (χ0n) is 13.2. The number of halogens is 1. The number of piperidine rings is 1. The Balaban J connectivity index is 1.78. The van der Waals surface area contributed by atoms with Gasteiger partial charge < -0.3 is 10.0 Å². The fourth-order valence-corrected chi connectivity index (χ4v) is 3.16. The molecule has 2 aromatic rings. The molecule has 2 unspecified atom stereocenters. The minimum atomic E-state index is -0.856. The molecule has 0 saturated carbocycles. The first-order chi connectivity index (χ1) is 11.4. The molecule has 1 fully saturated rings. The molecule has 126 valence electrons. The van der Waals surface area contributed by atoms with E-state index in [0.29, 0.717) is 23.7 Å². The number of likely N-dealkylation sites (tertiary alicyclic amines) is 1. The zero-order chi connectivity index (χ0) is 17.3. The van der Waals surface area contributed by atoms with Gasteiger partial charge in [0.25, 0.3) is 5.91 Å². The predicted molar refractivity (Wildman–Crippen MR) is 89.4 cm³/mol. The van der Waals surface area contributed by atoms with Gasteiger partial charge in [-0.25, -0.2) is 4.68 Å². The van der Waals surface area contributed by atoms with Gasteiger partial charge in [-0.05, 0) is 42.7 Å². The summed E-state index contributed by atoms with van der Waals surface area (Å²) in [5.41, 5.74) is 1.11. The van der Waals surface area contributed by atoms with Gasteiger partial charge in [-0.3, -0.25) is 9.59 Å². The fourth-order valence-electron chi connectivity index (χ4n) is 3.03. The van der Waals surface area contributed by atoms with Crippen molar-refractivity contribution in [2.75, 3.05) is 13.1 Å². The van der Waals surface area contributed by atoms with Gasteiger partial charge in [0.1, 0.15) is 0 Å². The standard InChI is InChI=1S/C17H18ClN3O3/c1-11-8-12(17(23)24)10-20(9-11)16(22)15-6-7-21(19-15)14-4-2-13(18)3-5-14/h2-7,11-12H,8-10H2,1H3,(H,23,24). The lowest BCUT2D eigenvalue weighted by molar-refractivity contribution is -0.143. The molecule has 7 heteroatoms. The Morgan fingerprint density at radius 3 is 2.58 bits per heavy atom. The number of carboxylic acid groups (broad SMARTS) is 1. The number of carboxylic acids is 1. The van der Waals surface area contributed by atoms with Crippen LogP contribution in [0.15, 0.2) is 36.5 Å². The molecule has 0 aliphatic carbocycles. The molecule has 1 aromatic carbocycles. The van der Waals surface area contributed by atoms with Gasteiger partial charge in [0.15, 0.2) is 5.69 Å². The normalized spacial score (nSPS) is 20.8. The van der Waals surface area contributed by atoms with E-state index in [1.54, 1.807) is 34.0 Å². The van der Waals surface area contributed by atoms with Crippen LogP contribution in [-0.2, 0) is 4.79 Å². The number of benzene rings is 1. The SMILES string of the molecule is CC1CC(C(=O)O)CN(C(=O)c2ccn(-c3ccc(Cl)cc3)n2)C1. The summed E-state index contributed by atoms with van der Waals surface area (Å²) >= 11 is 5.87. The maximum atomic E-state index is 12.6. The van der Waals surface area contributed by atoms with E-state index < -0.39 is 11.9 Å². The number of amides is 1. The number of aliphatic carboxylic acids is 1. The van der Waals surface area contributed by atoms with Crippen LogP contribution < -0.4 is 0 Å². The number of hydrogen-bond acceptors (Lipinski definition) is 3. The summed E-state index contributed by atoms with van der Waals surface area (Å²) < 4.78 is 1.60. The summed E-state index contributed by atoms with van der Waals surface area (Å²) in [6, 6.07) is 8.78. The molecule has 3 rings (SSSR count). The average molecular weight is 348 g/mol. The molecule has 24 heavy (non-hydrogen) atoms. The molecule has 2 heterocycles. The summed E-state index contributed by atoms with van der Waals surface area (Å²) in [7, 11) is 0. The van der Waals surface area contributed by atoms with Crippen molar-refractivity contribution in [1.82, 2.24) is 14.7 Å². The third-order valence-corrected chi connectivity index (χ3v) is 4.45. The van der Waals surface area contributed by atoms with E-state index in [1.807, 2.05) is 19.1 Å². The van der Waals surface area contributed by atoms with Crippen LogP contribution in [-0.4, -0.2) is 44.8 Å². The van der Waals surface area contributed by atoms with Crippen LogP contribution in [0.2, 0.25) is 5.02 Å². The molecular formula is C17H18ClN3O3. The van der Waals surface area contributed by atoms with E-state index in [0.717, 1.165) is 5.69 Å². The molecular weight excluding hydrogens is 330 g/mol. The van der Waals surface area contributed by atoms with E-state index in [1.165, 1.54) is 0 Å². The summed E-state index contributed by atoms with van der Waals surface area (Å²) in [6.07, 6.45) is 2.30. The molecule has 0 radical (unpaired) electrons. The van der Waals surface area contributed by atoms with Gasteiger partial charge in [-0.2, -0.15) is 5.10 Å². The smallest absolute Gasteiger partial charge is 0.308 e. The van der Waals surface area contributed by atoms with Crippen LogP contribution in [0.3, 0.4) is 0 Å². The Morgan fingerprint density at radius 2 is 1.92 bits per heavy atom. The quantitative estimate of drug-likeness (QED) is 0.926. The molecule has 1 amide bonds. The number of hydrogen-bond donors (Lipinski definition) is 1. The van der Waals surface area contributed by atoms with Crippen molar-refractivity contribution in [2.24, 2.45) is 11.8 Å². The first kappa shape index (κ1) is 16.5. The third kappa shape index (κ3) is 3.43. The van der Waals surface area contributed by atoms with Gasteiger partial charge in [0.05, 0.1) is 11.6 Å². The molecule has 1 N–H and O–H groups in total. The first-order valence-electron chi connectivity index (χ1n) is 7.77. The van der Waals surface area contributed by atoms with Crippen LogP contribution in [0, 0.1) is 11.8 Å². The highest BCUT2D eigenvalue weighted by Gasteiger charge is 2.32. The van der Waals surface area contributed by atoms with Crippen LogP contribution >= 0.6 is 11.6 Å². The monoisotopic (exact) mass is 347 g/mol. The van der Waals surface area contributed by atoms with Crippen LogP contribution in [0.4, 0.5) is 0 Å². The van der Waals surface area contributed by atoms with Gasteiger partial charge >= 0.3 is 5.97 Å². The minimum absolute atomic E-state index is 0.155. The van der Waals surface area contributed by atoms with Gasteiger partial charge in [0, 0.05) is 24.3 Å². The van der Waals surface area contributed by atoms with Gasteiger partial charge in [0.2, 0.25) is 0 Å². The number of nitrogens with zero attached hydrogens (tertiary/aromatic N) is 3. The van der Waals surface area contributed by atoms with Crippen molar-refractivity contribution in [3.05, 3.63) is 47.2 Å². The second-order valence-corrected chi connectivity index (χ2v) is 6.64. The first-order valence-corrected chi connectivity index (χ1v) is 8.15. The Kier molecular flexibility index (Phi) is 4.57. The third-order valence-electron chi connectivity index (χ3n) is 4.20. The minimum Gasteiger partial charge on any atom is -0.481 e. The van der Waals surface area contributed by atoms with Crippen molar-refractivity contribution < 1.29 is 14.7 Å². The summed E-state index contributed by atoms with van der Waals surface area (Å²) in [4.78, 5) is 25.5. The van der Waals surface area contributed by atoms with Crippen molar-refractivity contribution in [1.29, 1.82) is 0 Å². The van der Waals surface area contributed by atoms with E-state index in [-0.39, 0.29) is 18.4 Å². The van der Waals surface area contributed by atoms with Crippen molar-refractivity contribution in [3.63, 3.8) is 0 Å². The molecule has 1 aliphatic rings. The average Bonchev–Trinajstić information content (AvgIpc) is 3.04. The fraction of sp³-hybridized carbons (Fsp3) is 0.353. The van der Waals surface area contributed by atoms with Crippen molar-refractivity contribution >= 4 is 23.5 Å². The molecule has 0 spiro atoms. The van der Waals surface area contributed by atoms with E-state index in [2.05, 4.69) is 5.10 Å². The Hall–Kier alpha value is -2.34. The van der Waals surface area contributed by atoms with E-state index in [9.17, 15) is 14.7 Å². The lowest BCUT2D eigenvalue weighted by Gasteiger charge is -2.34. The molecule has 1 aliphatic heterocycles. The molecule has 0 bridgehead atoms. The van der Waals surface area contributed by atoms with Gasteiger partial charge in [-0.1, -0.05) is 18.5 Å². The summed E-state index contributed by atoms with van der Waals surface area (Å²) in [6.45, 7) is 2.74. The number of carbonyl (C=O) groups is 2. The molecule has 1 aromatic heterocycles. The molecule has 6 nitrogen and oxygen atoms in total. The Labute approximate surface area is 144 Å². The lowest BCUT2D eigenvalue weighted by atomic mass is 9.90. The zero-order valence-corrected chi connectivity index (χ0v) is 14.0. The van der Waals surface area contributed by atoms with E-state index >= 15 is 0 Å². The number of rotatable bonds is 3. The highest BCUT2D eigenvalue weighted by atomic mass is 35.5. The summed E-state index contributed by atoms with van der Waals surface area (Å²) in [5.74, 6) is -1.45. The maximum absolute atomic E-state index is 12.6. The van der Waals surface area contributed by atoms with Crippen LogP contribution in [0.5, 0.6) is 0 Å². The topological polar surface area (TPSA) is 75.4 Å². The second-order valence-electron chi connectivity index (χ2n) is 6.21.